The molecule has 9 aromatic carbocycles. The van der Waals surface area contributed by atoms with Gasteiger partial charge in [-0.1, -0.05) is 133 Å². The van der Waals surface area contributed by atoms with Crippen LogP contribution in [0.4, 0.5) is 17.1 Å². The number of rotatable bonds is 5. The molecular formula is C48H31NO. The lowest BCUT2D eigenvalue weighted by Gasteiger charge is -2.29. The summed E-state index contributed by atoms with van der Waals surface area (Å²) in [5, 5.41) is 7.18. The van der Waals surface area contributed by atoms with E-state index < -0.39 is 0 Å². The Hall–Kier alpha value is -6.64. The van der Waals surface area contributed by atoms with E-state index in [0.29, 0.717) is 0 Å². The van der Waals surface area contributed by atoms with Crippen LogP contribution in [0.5, 0.6) is 11.5 Å². The molecule has 0 saturated heterocycles. The van der Waals surface area contributed by atoms with Crippen LogP contribution in [0, 0.1) is 0 Å². The van der Waals surface area contributed by atoms with Crippen LogP contribution in [0.15, 0.2) is 188 Å². The van der Waals surface area contributed by atoms with Gasteiger partial charge in [0.15, 0.2) is 0 Å². The SMILES string of the molecule is c1ccc(-c2ccc(N(c3ccc4ccccc4c3)c3ccc4c5c(cccc35)-c3ccc(-c5ccc6ccccc6c5)cc3O4)cc2)cc1. The fourth-order valence-electron chi connectivity index (χ4n) is 7.54. The van der Waals surface area contributed by atoms with Crippen LogP contribution in [0.1, 0.15) is 0 Å². The summed E-state index contributed by atoms with van der Waals surface area (Å²) >= 11 is 0. The van der Waals surface area contributed by atoms with Gasteiger partial charge in [0.2, 0.25) is 0 Å². The average Bonchev–Trinajstić information content (AvgIpc) is 3.19. The molecular weight excluding hydrogens is 607 g/mol. The van der Waals surface area contributed by atoms with E-state index >= 15 is 0 Å². The summed E-state index contributed by atoms with van der Waals surface area (Å²) in [6, 6.07) is 67.5. The third-order valence-corrected chi connectivity index (χ3v) is 10.0. The summed E-state index contributed by atoms with van der Waals surface area (Å²) in [6.45, 7) is 0. The quantitative estimate of drug-likeness (QED) is 0.186. The Morgan fingerprint density at radius 3 is 1.76 bits per heavy atom. The molecule has 234 valence electrons. The standard InChI is InChI=1S/C48H31NO/c1-2-9-32(10-3-1)35-19-23-40(24-20-35)49(41-25-21-34-12-5-7-14-37(34)30-41)45-27-28-46-48-43(15-8-16-44(45)48)42-26-22-39(31-47(42)50-46)38-18-17-33-11-4-6-13-36(33)29-38/h1-31H. The fourth-order valence-corrected chi connectivity index (χ4v) is 7.54. The topological polar surface area (TPSA) is 12.5 Å². The molecule has 0 atom stereocenters. The third-order valence-electron chi connectivity index (χ3n) is 10.0. The molecule has 0 fully saturated rings. The van der Waals surface area contributed by atoms with Crippen molar-refractivity contribution < 1.29 is 4.74 Å². The molecule has 2 nitrogen and oxygen atoms in total. The zero-order valence-corrected chi connectivity index (χ0v) is 27.3. The Labute approximate surface area is 291 Å². The van der Waals surface area contributed by atoms with Crippen molar-refractivity contribution in [3.63, 3.8) is 0 Å². The van der Waals surface area contributed by atoms with Gasteiger partial charge in [0.1, 0.15) is 11.5 Å². The van der Waals surface area contributed by atoms with Crippen LogP contribution in [0.25, 0.3) is 65.7 Å². The summed E-state index contributed by atoms with van der Waals surface area (Å²) in [5.74, 6) is 1.76. The second-order valence-corrected chi connectivity index (χ2v) is 13.0. The van der Waals surface area contributed by atoms with Crippen molar-refractivity contribution in [1.29, 1.82) is 0 Å². The minimum atomic E-state index is 0.875. The minimum Gasteiger partial charge on any atom is -0.456 e. The summed E-state index contributed by atoms with van der Waals surface area (Å²) < 4.78 is 6.75. The maximum atomic E-state index is 6.75. The van der Waals surface area contributed by atoms with Gasteiger partial charge in [-0.05, 0) is 104 Å². The van der Waals surface area contributed by atoms with Crippen molar-refractivity contribution in [3.05, 3.63) is 188 Å². The van der Waals surface area contributed by atoms with Crippen molar-refractivity contribution in [1.82, 2.24) is 0 Å². The van der Waals surface area contributed by atoms with Gasteiger partial charge in [0.25, 0.3) is 0 Å². The summed E-state index contributed by atoms with van der Waals surface area (Å²) in [4.78, 5) is 2.38. The highest BCUT2D eigenvalue weighted by atomic mass is 16.5. The Balaban J connectivity index is 1.12. The normalized spacial score (nSPS) is 11.8. The fraction of sp³-hybridized carbons (Fsp3) is 0. The molecule has 0 spiro atoms. The van der Waals surface area contributed by atoms with Gasteiger partial charge in [-0.25, -0.2) is 0 Å². The average molecular weight is 638 g/mol. The predicted molar refractivity (Wildman–Crippen MR) is 210 cm³/mol. The van der Waals surface area contributed by atoms with Crippen molar-refractivity contribution in [3.8, 4) is 44.9 Å². The van der Waals surface area contributed by atoms with Gasteiger partial charge in [0, 0.05) is 27.7 Å². The van der Waals surface area contributed by atoms with E-state index in [9.17, 15) is 0 Å². The number of fused-ring (bicyclic) bond motifs is 4. The molecule has 0 aromatic heterocycles. The smallest absolute Gasteiger partial charge is 0.136 e. The van der Waals surface area contributed by atoms with Crippen molar-refractivity contribution in [2.24, 2.45) is 0 Å². The van der Waals surface area contributed by atoms with Crippen LogP contribution in [-0.4, -0.2) is 0 Å². The minimum absolute atomic E-state index is 0.875. The Morgan fingerprint density at radius 2 is 0.960 bits per heavy atom. The van der Waals surface area contributed by atoms with E-state index in [4.69, 9.17) is 4.74 Å². The number of ether oxygens (including phenoxy) is 1. The lowest BCUT2D eigenvalue weighted by Crippen LogP contribution is -2.11. The molecule has 1 aliphatic rings. The Kier molecular flexibility index (Phi) is 6.53. The zero-order chi connectivity index (χ0) is 33.0. The highest BCUT2D eigenvalue weighted by Crippen LogP contribution is 2.51. The second-order valence-electron chi connectivity index (χ2n) is 13.0. The summed E-state index contributed by atoms with van der Waals surface area (Å²) in [7, 11) is 0. The molecule has 2 heteroatoms. The van der Waals surface area contributed by atoms with E-state index in [-0.39, 0.29) is 0 Å². The van der Waals surface area contributed by atoms with Gasteiger partial charge < -0.3 is 9.64 Å². The maximum absolute atomic E-state index is 6.75. The van der Waals surface area contributed by atoms with Crippen LogP contribution in [0.2, 0.25) is 0 Å². The van der Waals surface area contributed by atoms with Crippen molar-refractivity contribution in [2.75, 3.05) is 4.90 Å². The Bertz CT molecular complexity index is 2730. The zero-order valence-electron chi connectivity index (χ0n) is 27.3. The van der Waals surface area contributed by atoms with Gasteiger partial charge >= 0.3 is 0 Å². The predicted octanol–water partition coefficient (Wildman–Crippen LogP) is 13.7. The van der Waals surface area contributed by atoms with Crippen LogP contribution in [0.3, 0.4) is 0 Å². The highest BCUT2D eigenvalue weighted by molar-refractivity contribution is 6.11. The van der Waals surface area contributed by atoms with E-state index in [0.717, 1.165) is 50.5 Å². The lowest BCUT2D eigenvalue weighted by atomic mass is 9.91. The number of nitrogens with zero attached hydrogens (tertiary/aromatic N) is 1. The first-order valence-corrected chi connectivity index (χ1v) is 17.1. The molecule has 1 heterocycles. The van der Waals surface area contributed by atoms with Crippen molar-refractivity contribution in [2.45, 2.75) is 0 Å². The molecule has 0 unspecified atom stereocenters. The van der Waals surface area contributed by atoms with Gasteiger partial charge in [-0.15, -0.1) is 0 Å². The number of anilines is 3. The lowest BCUT2D eigenvalue weighted by molar-refractivity contribution is 0.487. The maximum Gasteiger partial charge on any atom is 0.136 e. The van der Waals surface area contributed by atoms with Gasteiger partial charge in [0.05, 0.1) is 5.69 Å². The van der Waals surface area contributed by atoms with Gasteiger partial charge in [-0.2, -0.15) is 0 Å². The van der Waals surface area contributed by atoms with Crippen LogP contribution >= 0.6 is 0 Å². The molecule has 0 aliphatic carbocycles. The molecule has 0 amide bonds. The number of hydrogen-bond donors (Lipinski definition) is 0. The molecule has 1 aliphatic heterocycles. The second kappa shape index (κ2) is 11.5. The van der Waals surface area contributed by atoms with E-state index in [1.807, 2.05) is 0 Å². The first kappa shape index (κ1) is 28.4. The summed E-state index contributed by atoms with van der Waals surface area (Å²) in [5.41, 5.74) is 10.3. The van der Waals surface area contributed by atoms with Gasteiger partial charge in [-0.3, -0.25) is 0 Å². The van der Waals surface area contributed by atoms with Crippen molar-refractivity contribution >= 4 is 49.4 Å². The van der Waals surface area contributed by atoms with E-state index in [1.165, 1.54) is 43.8 Å². The molecule has 50 heavy (non-hydrogen) atoms. The summed E-state index contributed by atoms with van der Waals surface area (Å²) in [6.07, 6.45) is 0. The number of benzene rings is 9. The Morgan fingerprint density at radius 1 is 0.340 bits per heavy atom. The van der Waals surface area contributed by atoms with E-state index in [2.05, 4.69) is 193 Å². The molecule has 10 rings (SSSR count). The first-order valence-electron chi connectivity index (χ1n) is 17.1. The molecule has 0 saturated carbocycles. The van der Waals surface area contributed by atoms with Crippen LogP contribution < -0.4 is 9.64 Å². The highest BCUT2D eigenvalue weighted by Gasteiger charge is 2.24. The monoisotopic (exact) mass is 637 g/mol. The van der Waals surface area contributed by atoms with Crippen LogP contribution in [-0.2, 0) is 0 Å². The molecule has 0 radical (unpaired) electrons. The number of hydrogen-bond acceptors (Lipinski definition) is 2. The molecule has 0 bridgehead atoms. The third kappa shape index (κ3) is 4.73. The van der Waals surface area contributed by atoms with E-state index in [1.54, 1.807) is 0 Å². The largest absolute Gasteiger partial charge is 0.456 e. The molecule has 9 aromatic rings. The first-order chi connectivity index (χ1) is 24.8. The molecule has 0 N–H and O–H groups in total.